The van der Waals surface area contributed by atoms with Gasteiger partial charge in [0.05, 0.1) is 19.8 Å². The standard InChI is InChI=1S/C12H15FO3/c1-6-9(8(3)14)11(15-4)7(2)10(13)12(6)16-5/h1-5H3. The molecular weight excluding hydrogens is 211 g/mol. The summed E-state index contributed by atoms with van der Waals surface area (Å²) in [5.41, 5.74) is 1.13. The van der Waals surface area contributed by atoms with Crippen LogP contribution in [-0.4, -0.2) is 20.0 Å². The number of ketones is 1. The number of rotatable bonds is 3. The lowest BCUT2D eigenvalue weighted by Gasteiger charge is -2.16. The van der Waals surface area contributed by atoms with Crippen LogP contribution in [0, 0.1) is 19.7 Å². The Kier molecular flexibility index (Phi) is 3.52. The van der Waals surface area contributed by atoms with E-state index < -0.39 is 5.82 Å². The lowest BCUT2D eigenvalue weighted by Crippen LogP contribution is -2.07. The molecule has 0 amide bonds. The van der Waals surface area contributed by atoms with Crippen LogP contribution in [0.2, 0.25) is 0 Å². The largest absolute Gasteiger partial charge is 0.496 e. The zero-order valence-electron chi connectivity index (χ0n) is 10.1. The third-order valence-corrected chi connectivity index (χ3v) is 2.57. The molecule has 0 heterocycles. The fraction of sp³-hybridized carbons (Fsp3) is 0.417. The summed E-state index contributed by atoms with van der Waals surface area (Å²) in [6.07, 6.45) is 0. The first-order chi connectivity index (χ1) is 7.45. The second kappa shape index (κ2) is 4.51. The highest BCUT2D eigenvalue weighted by molar-refractivity contribution is 5.99. The number of hydrogen-bond donors (Lipinski definition) is 0. The monoisotopic (exact) mass is 226 g/mol. The third kappa shape index (κ3) is 1.75. The van der Waals surface area contributed by atoms with Gasteiger partial charge in [0, 0.05) is 11.1 Å². The van der Waals surface area contributed by atoms with Gasteiger partial charge in [-0.05, 0) is 20.8 Å². The quantitative estimate of drug-likeness (QED) is 0.743. The van der Waals surface area contributed by atoms with Crippen LogP contribution in [0.3, 0.4) is 0 Å². The smallest absolute Gasteiger partial charge is 0.171 e. The van der Waals surface area contributed by atoms with Crippen molar-refractivity contribution in [2.45, 2.75) is 20.8 Å². The highest BCUT2D eigenvalue weighted by atomic mass is 19.1. The zero-order valence-corrected chi connectivity index (χ0v) is 10.1. The molecule has 0 aliphatic heterocycles. The van der Waals surface area contributed by atoms with Crippen LogP contribution in [0.25, 0.3) is 0 Å². The Morgan fingerprint density at radius 2 is 1.56 bits per heavy atom. The van der Waals surface area contributed by atoms with Gasteiger partial charge >= 0.3 is 0 Å². The van der Waals surface area contributed by atoms with Gasteiger partial charge in [0.1, 0.15) is 5.75 Å². The number of Topliss-reactive ketones (excluding diaryl/α,β-unsaturated/α-hetero) is 1. The normalized spacial score (nSPS) is 10.1. The van der Waals surface area contributed by atoms with E-state index in [1.54, 1.807) is 13.8 Å². The molecule has 0 aliphatic carbocycles. The molecule has 3 nitrogen and oxygen atoms in total. The van der Waals surface area contributed by atoms with Crippen molar-refractivity contribution in [2.24, 2.45) is 0 Å². The first kappa shape index (κ1) is 12.5. The summed E-state index contributed by atoms with van der Waals surface area (Å²) < 4.78 is 23.9. The molecule has 0 aromatic heterocycles. The Hall–Kier alpha value is -1.58. The molecule has 0 N–H and O–H groups in total. The molecule has 0 saturated carbocycles. The van der Waals surface area contributed by atoms with E-state index >= 15 is 0 Å². The van der Waals surface area contributed by atoms with Crippen LogP contribution in [-0.2, 0) is 0 Å². The van der Waals surface area contributed by atoms with Gasteiger partial charge in [-0.25, -0.2) is 4.39 Å². The van der Waals surface area contributed by atoms with Gasteiger partial charge in [-0.1, -0.05) is 0 Å². The van der Waals surface area contributed by atoms with E-state index in [9.17, 15) is 9.18 Å². The van der Waals surface area contributed by atoms with E-state index in [0.29, 0.717) is 11.1 Å². The van der Waals surface area contributed by atoms with Gasteiger partial charge in [-0.3, -0.25) is 4.79 Å². The van der Waals surface area contributed by atoms with Crippen LogP contribution < -0.4 is 9.47 Å². The molecule has 0 fully saturated rings. The summed E-state index contributed by atoms with van der Waals surface area (Å²) in [6, 6.07) is 0. The van der Waals surface area contributed by atoms with E-state index in [0.717, 1.165) is 0 Å². The summed E-state index contributed by atoms with van der Waals surface area (Å²) in [4.78, 5) is 11.5. The average Bonchev–Trinajstić information content (AvgIpc) is 2.23. The minimum absolute atomic E-state index is 0.100. The molecule has 1 aromatic rings. The van der Waals surface area contributed by atoms with Crippen LogP contribution in [0.15, 0.2) is 0 Å². The molecule has 0 radical (unpaired) electrons. The van der Waals surface area contributed by atoms with Gasteiger partial charge in [0.25, 0.3) is 0 Å². The maximum Gasteiger partial charge on any atom is 0.171 e. The number of benzene rings is 1. The molecule has 0 atom stereocenters. The van der Waals surface area contributed by atoms with Gasteiger partial charge < -0.3 is 9.47 Å². The number of methoxy groups -OCH3 is 2. The summed E-state index contributed by atoms with van der Waals surface area (Å²) in [5, 5.41) is 0. The molecule has 1 rings (SSSR count). The Morgan fingerprint density at radius 3 is 1.94 bits per heavy atom. The summed E-state index contributed by atoms with van der Waals surface area (Å²) in [6.45, 7) is 4.62. The summed E-state index contributed by atoms with van der Waals surface area (Å²) in [5.74, 6) is -0.274. The van der Waals surface area contributed by atoms with Crippen molar-refractivity contribution in [1.82, 2.24) is 0 Å². The Labute approximate surface area is 94.2 Å². The first-order valence-electron chi connectivity index (χ1n) is 4.87. The van der Waals surface area contributed by atoms with Crippen LogP contribution in [0.5, 0.6) is 11.5 Å². The molecule has 0 spiro atoms. The first-order valence-corrected chi connectivity index (χ1v) is 4.87. The van der Waals surface area contributed by atoms with Gasteiger partial charge in [0.2, 0.25) is 0 Å². The van der Waals surface area contributed by atoms with Crippen molar-refractivity contribution in [3.63, 3.8) is 0 Å². The highest BCUT2D eigenvalue weighted by Crippen LogP contribution is 2.36. The van der Waals surface area contributed by atoms with Crippen molar-refractivity contribution in [2.75, 3.05) is 14.2 Å². The van der Waals surface area contributed by atoms with E-state index in [2.05, 4.69) is 0 Å². The van der Waals surface area contributed by atoms with E-state index in [1.807, 2.05) is 0 Å². The second-order valence-electron chi connectivity index (χ2n) is 3.56. The van der Waals surface area contributed by atoms with Crippen LogP contribution >= 0.6 is 0 Å². The van der Waals surface area contributed by atoms with Crippen molar-refractivity contribution < 1.29 is 18.7 Å². The number of hydrogen-bond acceptors (Lipinski definition) is 3. The minimum Gasteiger partial charge on any atom is -0.496 e. The topological polar surface area (TPSA) is 35.5 Å². The highest BCUT2D eigenvalue weighted by Gasteiger charge is 2.23. The predicted molar refractivity (Wildman–Crippen MR) is 59.0 cm³/mol. The van der Waals surface area contributed by atoms with Gasteiger partial charge in [-0.2, -0.15) is 0 Å². The Bertz CT molecular complexity index is 439. The molecule has 0 unspecified atom stereocenters. The molecule has 16 heavy (non-hydrogen) atoms. The van der Waals surface area contributed by atoms with Gasteiger partial charge in [-0.15, -0.1) is 0 Å². The fourth-order valence-corrected chi connectivity index (χ4v) is 1.83. The van der Waals surface area contributed by atoms with Crippen LogP contribution in [0.1, 0.15) is 28.4 Å². The minimum atomic E-state index is -0.484. The lowest BCUT2D eigenvalue weighted by atomic mass is 9.99. The van der Waals surface area contributed by atoms with E-state index in [4.69, 9.17) is 9.47 Å². The van der Waals surface area contributed by atoms with Crippen molar-refractivity contribution in [3.05, 3.63) is 22.5 Å². The third-order valence-electron chi connectivity index (χ3n) is 2.57. The Morgan fingerprint density at radius 1 is 1.06 bits per heavy atom. The van der Waals surface area contributed by atoms with Crippen molar-refractivity contribution >= 4 is 5.78 Å². The molecule has 4 heteroatoms. The maximum absolute atomic E-state index is 13.8. The SMILES string of the molecule is COc1c(C)c(C(C)=O)c(OC)c(C)c1F. The predicted octanol–water partition coefficient (Wildman–Crippen LogP) is 2.66. The number of ether oxygens (including phenoxy) is 2. The Balaban J connectivity index is 3.71. The lowest BCUT2D eigenvalue weighted by molar-refractivity contribution is 0.101. The summed E-state index contributed by atoms with van der Waals surface area (Å²) >= 11 is 0. The average molecular weight is 226 g/mol. The van der Waals surface area contributed by atoms with Crippen molar-refractivity contribution in [1.29, 1.82) is 0 Å². The number of halogens is 1. The maximum atomic E-state index is 13.8. The molecule has 88 valence electrons. The second-order valence-corrected chi connectivity index (χ2v) is 3.56. The van der Waals surface area contributed by atoms with E-state index in [1.165, 1.54) is 21.1 Å². The molecule has 1 aromatic carbocycles. The molecule has 0 saturated heterocycles. The molecule has 0 aliphatic rings. The zero-order chi connectivity index (χ0) is 12.5. The van der Waals surface area contributed by atoms with E-state index in [-0.39, 0.29) is 22.8 Å². The number of carbonyl (C=O) groups excluding carboxylic acids is 1. The molecule has 0 bridgehead atoms. The number of carbonyl (C=O) groups is 1. The molecular formula is C12H15FO3. The van der Waals surface area contributed by atoms with Gasteiger partial charge in [0.15, 0.2) is 17.3 Å². The van der Waals surface area contributed by atoms with Crippen molar-refractivity contribution in [3.8, 4) is 11.5 Å². The summed E-state index contributed by atoms with van der Waals surface area (Å²) in [7, 11) is 2.79. The fourth-order valence-electron chi connectivity index (χ4n) is 1.83. The van der Waals surface area contributed by atoms with Crippen LogP contribution in [0.4, 0.5) is 4.39 Å².